The van der Waals surface area contributed by atoms with E-state index in [1.807, 2.05) is 0 Å². The third-order valence-electron chi connectivity index (χ3n) is 2.14. The molecule has 0 spiro atoms. The van der Waals surface area contributed by atoms with E-state index in [4.69, 9.17) is 9.47 Å². The molecule has 2 aromatic rings. The van der Waals surface area contributed by atoms with E-state index in [0.717, 1.165) is 10.8 Å². The standard InChI is InChI=1S/C13H11BrN2O3/c1-9(8-17)18-11-2-4-12(5-3-11)19-13-15-6-10(14)7-16-13/h2-9H,1H3. The average molecular weight is 323 g/mol. The molecule has 0 N–H and O–H groups in total. The number of hydrogen-bond donors (Lipinski definition) is 0. The number of aromatic nitrogens is 2. The van der Waals surface area contributed by atoms with Crippen molar-refractivity contribution in [1.29, 1.82) is 0 Å². The Kier molecular flexibility index (Phi) is 4.46. The smallest absolute Gasteiger partial charge is 0.321 e. The number of nitrogens with zero attached hydrogens (tertiary/aromatic N) is 2. The largest absolute Gasteiger partial charge is 0.483 e. The van der Waals surface area contributed by atoms with Gasteiger partial charge in [-0.3, -0.25) is 4.79 Å². The van der Waals surface area contributed by atoms with Crippen LogP contribution < -0.4 is 9.47 Å². The zero-order chi connectivity index (χ0) is 13.7. The van der Waals surface area contributed by atoms with Gasteiger partial charge in [-0.25, -0.2) is 9.97 Å². The molecule has 0 fully saturated rings. The predicted molar refractivity (Wildman–Crippen MR) is 72.4 cm³/mol. The Bertz CT molecular complexity index is 543. The molecule has 0 aliphatic carbocycles. The number of rotatable bonds is 5. The second-order valence-electron chi connectivity index (χ2n) is 3.72. The van der Waals surface area contributed by atoms with Crippen LogP contribution in [0.4, 0.5) is 0 Å². The van der Waals surface area contributed by atoms with Gasteiger partial charge in [0.05, 0.1) is 4.47 Å². The highest BCUT2D eigenvalue weighted by atomic mass is 79.9. The lowest BCUT2D eigenvalue weighted by Crippen LogP contribution is -2.12. The van der Waals surface area contributed by atoms with Gasteiger partial charge < -0.3 is 9.47 Å². The number of benzene rings is 1. The van der Waals surface area contributed by atoms with E-state index >= 15 is 0 Å². The van der Waals surface area contributed by atoms with Crippen molar-refractivity contribution < 1.29 is 14.3 Å². The van der Waals surface area contributed by atoms with Gasteiger partial charge in [0.15, 0.2) is 12.4 Å². The number of hydrogen-bond acceptors (Lipinski definition) is 5. The maximum absolute atomic E-state index is 10.5. The third kappa shape index (κ3) is 4.03. The molecule has 2 rings (SSSR count). The molecule has 0 aliphatic heterocycles. The van der Waals surface area contributed by atoms with Gasteiger partial charge in [0, 0.05) is 12.4 Å². The minimum Gasteiger partial charge on any atom is -0.483 e. The van der Waals surface area contributed by atoms with Crippen molar-refractivity contribution in [3.8, 4) is 17.5 Å². The van der Waals surface area contributed by atoms with Gasteiger partial charge in [-0.05, 0) is 47.1 Å². The second kappa shape index (κ2) is 6.29. The van der Waals surface area contributed by atoms with E-state index in [0.29, 0.717) is 11.5 Å². The summed E-state index contributed by atoms with van der Waals surface area (Å²) in [5.41, 5.74) is 0. The summed E-state index contributed by atoms with van der Waals surface area (Å²) in [5, 5.41) is 0. The Morgan fingerprint density at radius 1 is 1.16 bits per heavy atom. The van der Waals surface area contributed by atoms with Crippen molar-refractivity contribution in [2.75, 3.05) is 0 Å². The van der Waals surface area contributed by atoms with Crippen molar-refractivity contribution >= 4 is 22.2 Å². The van der Waals surface area contributed by atoms with Crippen molar-refractivity contribution in [1.82, 2.24) is 9.97 Å². The molecule has 6 heteroatoms. The number of halogens is 1. The van der Waals surface area contributed by atoms with Crippen molar-refractivity contribution in [2.24, 2.45) is 0 Å². The molecule has 0 amide bonds. The summed E-state index contributed by atoms with van der Waals surface area (Å²) in [5.74, 6) is 1.19. The molecule has 0 saturated heterocycles. The van der Waals surface area contributed by atoms with E-state index < -0.39 is 6.10 Å². The van der Waals surface area contributed by atoms with Crippen molar-refractivity contribution in [3.63, 3.8) is 0 Å². The SMILES string of the molecule is CC(C=O)Oc1ccc(Oc2ncc(Br)cn2)cc1. The maximum atomic E-state index is 10.5. The number of carbonyl (C=O) groups is 1. The van der Waals surface area contributed by atoms with E-state index in [1.165, 1.54) is 0 Å². The van der Waals surface area contributed by atoms with E-state index in [1.54, 1.807) is 43.6 Å². The fraction of sp³-hybridized carbons (Fsp3) is 0.154. The molecule has 0 bridgehead atoms. The minimum atomic E-state index is -0.471. The molecular formula is C13H11BrN2O3. The zero-order valence-electron chi connectivity index (χ0n) is 10.1. The van der Waals surface area contributed by atoms with Crippen LogP contribution in [0.3, 0.4) is 0 Å². The van der Waals surface area contributed by atoms with Gasteiger partial charge in [0.25, 0.3) is 0 Å². The second-order valence-corrected chi connectivity index (χ2v) is 4.63. The number of ether oxygens (including phenoxy) is 2. The minimum absolute atomic E-state index is 0.262. The maximum Gasteiger partial charge on any atom is 0.321 e. The molecule has 5 nitrogen and oxygen atoms in total. The highest BCUT2D eigenvalue weighted by molar-refractivity contribution is 9.10. The summed E-state index contributed by atoms with van der Waals surface area (Å²) in [4.78, 5) is 18.5. The summed E-state index contributed by atoms with van der Waals surface area (Å²) >= 11 is 3.24. The topological polar surface area (TPSA) is 61.3 Å². The molecule has 98 valence electrons. The molecule has 1 unspecified atom stereocenters. The monoisotopic (exact) mass is 322 g/mol. The summed E-state index contributed by atoms with van der Waals surface area (Å²) in [7, 11) is 0. The lowest BCUT2D eigenvalue weighted by atomic mass is 10.3. The van der Waals surface area contributed by atoms with Crippen LogP contribution in [0.25, 0.3) is 0 Å². The first-order valence-corrected chi connectivity index (χ1v) is 6.34. The molecule has 1 atom stereocenters. The van der Waals surface area contributed by atoms with Gasteiger partial charge in [0.2, 0.25) is 0 Å². The Balaban J connectivity index is 2.02. The van der Waals surface area contributed by atoms with Gasteiger partial charge in [-0.2, -0.15) is 0 Å². The van der Waals surface area contributed by atoms with Crippen LogP contribution in [0, 0.1) is 0 Å². The number of carbonyl (C=O) groups excluding carboxylic acids is 1. The number of aldehydes is 1. The van der Waals surface area contributed by atoms with Crippen LogP contribution in [0.15, 0.2) is 41.1 Å². The van der Waals surface area contributed by atoms with Crippen LogP contribution in [-0.2, 0) is 4.79 Å². The molecule has 19 heavy (non-hydrogen) atoms. The van der Waals surface area contributed by atoms with Crippen molar-refractivity contribution in [3.05, 3.63) is 41.1 Å². The Morgan fingerprint density at radius 2 is 1.74 bits per heavy atom. The molecule has 1 aromatic heterocycles. The summed E-state index contributed by atoms with van der Waals surface area (Å²) in [6.45, 7) is 1.67. The first-order valence-electron chi connectivity index (χ1n) is 5.55. The fourth-order valence-electron chi connectivity index (χ4n) is 1.29. The molecular weight excluding hydrogens is 312 g/mol. The van der Waals surface area contributed by atoms with Gasteiger partial charge >= 0.3 is 6.01 Å². The lowest BCUT2D eigenvalue weighted by molar-refractivity contribution is -0.113. The molecule has 0 saturated carbocycles. The molecule has 1 aromatic carbocycles. The summed E-state index contributed by atoms with van der Waals surface area (Å²) < 4.78 is 11.6. The third-order valence-corrected chi connectivity index (χ3v) is 2.55. The molecule has 1 heterocycles. The van der Waals surface area contributed by atoms with Gasteiger partial charge in [-0.1, -0.05) is 0 Å². The van der Waals surface area contributed by atoms with Gasteiger partial charge in [0.1, 0.15) is 11.5 Å². The average Bonchev–Trinajstić information content (AvgIpc) is 2.43. The highest BCUT2D eigenvalue weighted by Gasteiger charge is 2.03. The van der Waals surface area contributed by atoms with Crippen molar-refractivity contribution in [2.45, 2.75) is 13.0 Å². The van der Waals surface area contributed by atoms with E-state index in [-0.39, 0.29) is 6.01 Å². The van der Waals surface area contributed by atoms with Gasteiger partial charge in [-0.15, -0.1) is 0 Å². The van der Waals surface area contributed by atoms with Crippen LogP contribution >= 0.6 is 15.9 Å². The molecule has 0 radical (unpaired) electrons. The van der Waals surface area contributed by atoms with Crippen LogP contribution in [-0.4, -0.2) is 22.4 Å². The van der Waals surface area contributed by atoms with E-state index in [9.17, 15) is 4.79 Å². The summed E-state index contributed by atoms with van der Waals surface area (Å²) in [6.07, 6.45) is 3.47. The van der Waals surface area contributed by atoms with Crippen LogP contribution in [0.1, 0.15) is 6.92 Å². The first-order chi connectivity index (χ1) is 9.17. The van der Waals surface area contributed by atoms with E-state index in [2.05, 4.69) is 25.9 Å². The zero-order valence-corrected chi connectivity index (χ0v) is 11.7. The fourth-order valence-corrected chi connectivity index (χ4v) is 1.49. The predicted octanol–water partition coefficient (Wildman–Crippen LogP) is 3.00. The molecule has 0 aliphatic rings. The quantitative estimate of drug-likeness (QED) is 0.792. The Morgan fingerprint density at radius 3 is 2.32 bits per heavy atom. The Hall–Kier alpha value is -1.95. The normalized spacial score (nSPS) is 11.7. The Labute approximate surface area is 118 Å². The summed E-state index contributed by atoms with van der Waals surface area (Å²) in [6, 6.07) is 7.14. The highest BCUT2D eigenvalue weighted by Crippen LogP contribution is 2.22. The first kappa shape index (κ1) is 13.5. The van der Waals surface area contributed by atoms with Crippen LogP contribution in [0.2, 0.25) is 0 Å². The van der Waals surface area contributed by atoms with Crippen LogP contribution in [0.5, 0.6) is 17.5 Å². The lowest BCUT2D eigenvalue weighted by Gasteiger charge is -2.09.